The van der Waals surface area contributed by atoms with Gasteiger partial charge in [0.2, 0.25) is 0 Å². The molecule has 0 heterocycles. The van der Waals surface area contributed by atoms with Crippen LogP contribution >= 0.6 is 0 Å². The molecule has 0 radical (unpaired) electrons. The lowest BCUT2D eigenvalue weighted by Crippen LogP contribution is -2.28. The van der Waals surface area contributed by atoms with E-state index < -0.39 is 5.60 Å². The molecule has 0 saturated heterocycles. The normalized spacial score (nSPS) is 11.4. The molecule has 0 aliphatic rings. The molecule has 0 N–H and O–H groups in total. The van der Waals surface area contributed by atoms with Crippen molar-refractivity contribution in [3.8, 4) is 16.9 Å². The maximum atomic E-state index is 6.79. The van der Waals surface area contributed by atoms with Crippen molar-refractivity contribution in [2.24, 2.45) is 0 Å². The molecule has 5 aromatic carbocycles. The van der Waals surface area contributed by atoms with E-state index in [9.17, 15) is 0 Å². The Hall–Kier alpha value is -4.10. The Labute approximate surface area is 188 Å². The van der Waals surface area contributed by atoms with E-state index in [0.717, 1.165) is 27.8 Å². The zero-order valence-corrected chi connectivity index (χ0v) is 17.9. The van der Waals surface area contributed by atoms with Crippen molar-refractivity contribution in [3.05, 3.63) is 140 Å². The summed E-state index contributed by atoms with van der Waals surface area (Å²) in [5.74, 6) is 0.795. The summed E-state index contributed by atoms with van der Waals surface area (Å²) in [6, 6.07) is 37.6. The molecule has 0 saturated carbocycles. The number of benzene rings is 5. The topological polar surface area (TPSA) is 9.23 Å². The predicted octanol–water partition coefficient (Wildman–Crippen LogP) is 8.31. The summed E-state index contributed by atoms with van der Waals surface area (Å²) in [6.45, 7) is 8.19. The third-order valence-electron chi connectivity index (χ3n) is 6.06. The average Bonchev–Trinajstić information content (AvgIpc) is 2.87. The van der Waals surface area contributed by atoms with Crippen LogP contribution in [-0.2, 0) is 5.60 Å². The van der Waals surface area contributed by atoms with Crippen molar-refractivity contribution in [2.75, 3.05) is 0 Å². The first-order valence-corrected chi connectivity index (χ1v) is 10.8. The molecule has 0 amide bonds. The average molecular weight is 413 g/mol. The molecule has 0 unspecified atom stereocenters. The Morgan fingerprint density at radius 3 is 1.88 bits per heavy atom. The summed E-state index contributed by atoms with van der Waals surface area (Å²) in [7, 11) is 0. The highest BCUT2D eigenvalue weighted by atomic mass is 16.5. The summed E-state index contributed by atoms with van der Waals surface area (Å²) in [5.41, 5.74) is 2.36. The Morgan fingerprint density at radius 2 is 1.16 bits per heavy atom. The first-order valence-electron chi connectivity index (χ1n) is 10.8. The lowest BCUT2D eigenvalue weighted by Gasteiger charge is -2.30. The highest BCUT2D eigenvalue weighted by molar-refractivity contribution is 6.07. The van der Waals surface area contributed by atoms with Gasteiger partial charge < -0.3 is 4.74 Å². The molecule has 0 spiro atoms. The lowest BCUT2D eigenvalue weighted by atomic mass is 9.91. The standard InChI is InChI=1S/C31H24O/c1-3-31(4-2,25-16-6-5-7-17-25)32-29-22-21-24-14-9-11-19-27(24)30(29)28-20-12-15-23-13-8-10-18-26(23)28/h3-22H,1-2H2. The summed E-state index contributed by atoms with van der Waals surface area (Å²) in [6.07, 6.45) is 3.63. The van der Waals surface area contributed by atoms with Gasteiger partial charge in [0.1, 0.15) is 5.75 Å². The molecule has 0 fully saturated rings. The molecular weight excluding hydrogens is 388 g/mol. The van der Waals surface area contributed by atoms with Gasteiger partial charge in [-0.2, -0.15) is 0 Å². The summed E-state index contributed by atoms with van der Waals surface area (Å²) < 4.78 is 6.79. The number of hydrogen-bond donors (Lipinski definition) is 0. The van der Waals surface area contributed by atoms with Gasteiger partial charge in [0.25, 0.3) is 0 Å². The maximum Gasteiger partial charge on any atom is 0.170 e. The highest BCUT2D eigenvalue weighted by Crippen LogP contribution is 2.43. The molecule has 1 heteroatoms. The van der Waals surface area contributed by atoms with Gasteiger partial charge in [0.05, 0.1) is 0 Å². The molecule has 154 valence electrons. The van der Waals surface area contributed by atoms with E-state index >= 15 is 0 Å². The Balaban J connectivity index is 1.80. The van der Waals surface area contributed by atoms with Crippen LogP contribution in [0.25, 0.3) is 32.7 Å². The van der Waals surface area contributed by atoms with Gasteiger partial charge in [-0.15, -0.1) is 0 Å². The zero-order chi connectivity index (χ0) is 22.0. The first-order chi connectivity index (χ1) is 15.8. The minimum Gasteiger partial charge on any atom is -0.474 e. The second-order valence-corrected chi connectivity index (χ2v) is 7.86. The van der Waals surface area contributed by atoms with Crippen LogP contribution in [0.15, 0.2) is 135 Å². The Kier molecular flexibility index (Phi) is 5.09. The molecule has 0 bridgehead atoms. The van der Waals surface area contributed by atoms with Gasteiger partial charge in [0, 0.05) is 11.1 Å². The summed E-state index contributed by atoms with van der Waals surface area (Å²) in [4.78, 5) is 0. The lowest BCUT2D eigenvalue weighted by molar-refractivity contribution is 0.175. The molecule has 0 aromatic heterocycles. The van der Waals surface area contributed by atoms with Gasteiger partial charge in [-0.1, -0.05) is 116 Å². The Bertz CT molecular complexity index is 1420. The SMILES string of the molecule is C=CC(C=C)(Oc1ccc2ccccc2c1-c1cccc2ccccc12)c1ccccc1. The van der Waals surface area contributed by atoms with Gasteiger partial charge in [-0.3, -0.25) is 0 Å². The van der Waals surface area contributed by atoms with Crippen molar-refractivity contribution in [1.82, 2.24) is 0 Å². The van der Waals surface area contributed by atoms with Gasteiger partial charge in [-0.05, 0) is 45.3 Å². The van der Waals surface area contributed by atoms with Crippen molar-refractivity contribution >= 4 is 21.5 Å². The van der Waals surface area contributed by atoms with Crippen LogP contribution in [0.5, 0.6) is 5.75 Å². The summed E-state index contributed by atoms with van der Waals surface area (Å²) in [5, 5.41) is 4.71. The van der Waals surface area contributed by atoms with Crippen LogP contribution in [0.2, 0.25) is 0 Å². The largest absolute Gasteiger partial charge is 0.474 e. The fourth-order valence-electron chi connectivity index (χ4n) is 4.40. The van der Waals surface area contributed by atoms with Gasteiger partial charge in [0.15, 0.2) is 5.60 Å². The van der Waals surface area contributed by atoms with Crippen LogP contribution < -0.4 is 4.74 Å². The van der Waals surface area contributed by atoms with Crippen molar-refractivity contribution in [1.29, 1.82) is 0 Å². The number of rotatable bonds is 6. The molecule has 1 nitrogen and oxygen atoms in total. The number of hydrogen-bond acceptors (Lipinski definition) is 1. The molecule has 0 aliphatic carbocycles. The van der Waals surface area contributed by atoms with Crippen LogP contribution in [0, 0.1) is 0 Å². The number of fused-ring (bicyclic) bond motifs is 2. The van der Waals surface area contributed by atoms with Crippen LogP contribution in [0.1, 0.15) is 5.56 Å². The van der Waals surface area contributed by atoms with Crippen molar-refractivity contribution in [3.63, 3.8) is 0 Å². The molecular formula is C31H24O. The van der Waals surface area contributed by atoms with E-state index in [1.54, 1.807) is 0 Å². The molecule has 32 heavy (non-hydrogen) atoms. The molecule has 0 atom stereocenters. The minimum absolute atomic E-state index is 0.795. The zero-order valence-electron chi connectivity index (χ0n) is 17.9. The molecule has 5 rings (SSSR count). The van der Waals surface area contributed by atoms with Crippen molar-refractivity contribution in [2.45, 2.75) is 5.60 Å². The van der Waals surface area contributed by atoms with Gasteiger partial charge in [-0.25, -0.2) is 0 Å². The van der Waals surface area contributed by atoms with E-state index in [1.807, 2.05) is 42.5 Å². The third-order valence-corrected chi connectivity index (χ3v) is 6.06. The van der Waals surface area contributed by atoms with E-state index in [0.29, 0.717) is 0 Å². The fourth-order valence-corrected chi connectivity index (χ4v) is 4.40. The van der Waals surface area contributed by atoms with Crippen LogP contribution in [-0.4, -0.2) is 0 Å². The monoisotopic (exact) mass is 412 g/mol. The van der Waals surface area contributed by atoms with E-state index in [4.69, 9.17) is 4.74 Å². The maximum absolute atomic E-state index is 6.79. The van der Waals surface area contributed by atoms with Crippen LogP contribution in [0.4, 0.5) is 0 Å². The Morgan fingerprint density at radius 1 is 0.562 bits per heavy atom. The molecule has 5 aromatic rings. The fraction of sp³-hybridized carbons (Fsp3) is 0.0323. The minimum atomic E-state index is -0.844. The van der Waals surface area contributed by atoms with Crippen molar-refractivity contribution < 1.29 is 4.74 Å². The first kappa shape index (κ1) is 19.8. The second-order valence-electron chi connectivity index (χ2n) is 7.86. The van der Waals surface area contributed by atoms with E-state index in [1.165, 1.54) is 16.2 Å². The van der Waals surface area contributed by atoms with E-state index in [2.05, 4.69) is 92.0 Å². The van der Waals surface area contributed by atoms with Crippen LogP contribution in [0.3, 0.4) is 0 Å². The second kappa shape index (κ2) is 8.20. The molecule has 0 aliphatic heterocycles. The summed E-state index contributed by atoms with van der Waals surface area (Å²) >= 11 is 0. The highest BCUT2D eigenvalue weighted by Gasteiger charge is 2.29. The van der Waals surface area contributed by atoms with Gasteiger partial charge >= 0.3 is 0 Å². The predicted molar refractivity (Wildman–Crippen MR) is 136 cm³/mol. The quantitative estimate of drug-likeness (QED) is 0.255. The smallest absolute Gasteiger partial charge is 0.170 e. The van der Waals surface area contributed by atoms with E-state index in [-0.39, 0.29) is 0 Å². The number of ether oxygens (including phenoxy) is 1. The third kappa shape index (κ3) is 3.29.